The van der Waals surface area contributed by atoms with Gasteiger partial charge in [-0.15, -0.1) is 0 Å². The molecular weight excluding hydrogens is 122 g/mol. The standard InChI is InChI=1S/C9H7N/c1-2-4-9-7-10-6-5-8(9)3-1/h1-7H/p+10. The highest BCUT2D eigenvalue weighted by Crippen LogP contribution is 2.09. The molecule has 0 saturated heterocycles. The molecule has 48 valence electrons. The van der Waals surface area contributed by atoms with Gasteiger partial charge >= 0.3 is 14.3 Å². The fourth-order valence-corrected chi connectivity index (χ4v) is 1.03. The molecule has 0 aliphatic rings. The Morgan fingerprint density at radius 3 is 2.60 bits per heavy atom. The lowest BCUT2D eigenvalue weighted by Crippen LogP contribution is -1.71. The second-order valence-electron chi connectivity index (χ2n) is 2.22. The summed E-state index contributed by atoms with van der Waals surface area (Å²) in [5.74, 6) is 0. The molecule has 2 aromatic rings. The van der Waals surface area contributed by atoms with Crippen molar-refractivity contribution in [1.82, 2.24) is 4.98 Å². The van der Waals surface area contributed by atoms with Crippen molar-refractivity contribution in [2.45, 2.75) is 0 Å². The van der Waals surface area contributed by atoms with Gasteiger partial charge in [0.05, 0.1) is 0 Å². The summed E-state index contributed by atoms with van der Waals surface area (Å²) in [6, 6.07) is 10.2. The van der Waals surface area contributed by atoms with E-state index >= 15 is 0 Å². The maximum atomic E-state index is 4.01. The van der Waals surface area contributed by atoms with E-state index in [1.54, 1.807) is 0 Å². The monoisotopic (exact) mass is 139 g/mol. The zero-order chi connectivity index (χ0) is 6.81. The Hall–Kier alpha value is -1.37. The first-order valence-corrected chi connectivity index (χ1v) is 3.25. The van der Waals surface area contributed by atoms with Crippen LogP contribution in [-0.2, 0) is 0 Å². The van der Waals surface area contributed by atoms with Crippen LogP contribution in [0.2, 0.25) is 0 Å². The summed E-state index contributed by atoms with van der Waals surface area (Å²) in [6.07, 6.45) is 3.68. The van der Waals surface area contributed by atoms with Crippen LogP contribution in [0.3, 0.4) is 0 Å². The average molecular weight is 139 g/mol. The summed E-state index contributed by atoms with van der Waals surface area (Å²) in [6.45, 7) is 0. The van der Waals surface area contributed by atoms with Gasteiger partial charge in [-0.25, -0.2) is 0 Å². The summed E-state index contributed by atoms with van der Waals surface area (Å²) in [4.78, 5) is 4.01. The molecule has 0 spiro atoms. The van der Waals surface area contributed by atoms with Crippen LogP contribution in [0.1, 0.15) is 14.3 Å². The number of aromatic nitrogens is 1. The lowest BCUT2D eigenvalue weighted by Gasteiger charge is -1.91. The van der Waals surface area contributed by atoms with Gasteiger partial charge in [0.25, 0.3) is 0 Å². The van der Waals surface area contributed by atoms with Gasteiger partial charge in [0.1, 0.15) is 0 Å². The van der Waals surface area contributed by atoms with E-state index in [9.17, 15) is 0 Å². The number of pyridine rings is 1. The third-order valence-corrected chi connectivity index (χ3v) is 1.55. The summed E-state index contributed by atoms with van der Waals surface area (Å²) in [7, 11) is 0. The Kier molecular flexibility index (Phi) is 1.14. The van der Waals surface area contributed by atoms with Crippen molar-refractivity contribution in [3.05, 3.63) is 42.7 Å². The van der Waals surface area contributed by atoms with Crippen LogP contribution in [-0.4, -0.2) is 4.98 Å². The molecule has 0 aliphatic heterocycles. The van der Waals surface area contributed by atoms with Gasteiger partial charge in [0.15, 0.2) is 0 Å². The molecule has 0 radical (unpaired) electrons. The second kappa shape index (κ2) is 2.10. The Balaban J connectivity index is -0.0000000173. The average Bonchev–Trinajstić information content (AvgIpc) is 2.05. The van der Waals surface area contributed by atoms with E-state index < -0.39 is 0 Å². The first-order valence-electron chi connectivity index (χ1n) is 3.25. The molecule has 1 aromatic carbocycles. The largest absolute Gasteiger partial charge is 1.00 e. The molecule has 1 aromatic heterocycles. The van der Waals surface area contributed by atoms with Gasteiger partial charge in [-0.05, 0) is 16.8 Å². The minimum Gasteiger partial charge on any atom is -0.264 e. The van der Waals surface area contributed by atoms with Gasteiger partial charge < -0.3 is 0 Å². The molecular formula is C9H17N+10. The van der Waals surface area contributed by atoms with Crippen molar-refractivity contribution in [2.75, 3.05) is 0 Å². The Bertz CT molecular complexity index is 296. The maximum Gasteiger partial charge on any atom is 1.00 e. The lowest BCUT2D eigenvalue weighted by atomic mass is 10.2. The predicted molar refractivity (Wildman–Crippen MR) is 52.9 cm³/mol. The highest BCUT2D eigenvalue weighted by molar-refractivity contribution is 5.80. The van der Waals surface area contributed by atoms with Gasteiger partial charge in [-0.1, -0.05) is 24.3 Å². The molecule has 0 N–H and O–H groups in total. The van der Waals surface area contributed by atoms with E-state index in [2.05, 4.69) is 17.1 Å². The predicted octanol–water partition coefficient (Wildman–Crippen LogP) is 3.36. The Labute approximate surface area is 74.2 Å². The van der Waals surface area contributed by atoms with Crippen LogP contribution >= 0.6 is 0 Å². The smallest absolute Gasteiger partial charge is 0.264 e. The van der Waals surface area contributed by atoms with Crippen molar-refractivity contribution in [1.29, 1.82) is 0 Å². The molecule has 1 heterocycles. The number of nitrogens with zero attached hydrogens (tertiary/aromatic N) is 1. The molecule has 2 rings (SSSR count). The molecule has 0 saturated carbocycles. The molecule has 0 atom stereocenters. The number of benzene rings is 1. The molecule has 1 nitrogen and oxygen atoms in total. The summed E-state index contributed by atoms with van der Waals surface area (Å²) >= 11 is 0. The SMILES string of the molecule is [H+].[H+].[H+].[H+].[H+].[H+].[H+].[H+].[H+].[H+].c1ccc2cnccc2c1. The Morgan fingerprint density at radius 1 is 1.00 bits per heavy atom. The maximum absolute atomic E-state index is 4.01. The summed E-state index contributed by atoms with van der Waals surface area (Å²) < 4.78 is 0. The van der Waals surface area contributed by atoms with E-state index in [1.807, 2.05) is 30.6 Å². The molecule has 0 unspecified atom stereocenters. The van der Waals surface area contributed by atoms with Crippen LogP contribution < -0.4 is 0 Å². The molecule has 1 heteroatoms. The second-order valence-corrected chi connectivity index (χ2v) is 2.22. The van der Waals surface area contributed by atoms with Gasteiger partial charge in [-0.2, -0.15) is 0 Å². The fourth-order valence-electron chi connectivity index (χ4n) is 1.03. The van der Waals surface area contributed by atoms with Crippen molar-refractivity contribution in [2.24, 2.45) is 0 Å². The normalized spacial score (nSPS) is 10.0. The number of hydrogen-bond acceptors (Lipinski definition) is 1. The topological polar surface area (TPSA) is 12.9 Å². The van der Waals surface area contributed by atoms with Crippen molar-refractivity contribution in [3.8, 4) is 0 Å². The highest BCUT2D eigenvalue weighted by atomic mass is 14.6. The van der Waals surface area contributed by atoms with Gasteiger partial charge in [0, 0.05) is 12.4 Å². The summed E-state index contributed by atoms with van der Waals surface area (Å²) in [5, 5.41) is 2.45. The van der Waals surface area contributed by atoms with Crippen LogP contribution in [0.5, 0.6) is 0 Å². The van der Waals surface area contributed by atoms with E-state index in [0.29, 0.717) is 0 Å². The lowest BCUT2D eigenvalue weighted by molar-refractivity contribution is 1.36. The molecule has 0 aliphatic carbocycles. The van der Waals surface area contributed by atoms with Crippen LogP contribution in [0.15, 0.2) is 42.7 Å². The van der Waals surface area contributed by atoms with Crippen LogP contribution in [0, 0.1) is 0 Å². The third-order valence-electron chi connectivity index (χ3n) is 1.55. The third kappa shape index (κ3) is 0.760. The van der Waals surface area contributed by atoms with E-state index in [1.165, 1.54) is 10.8 Å². The highest BCUT2D eigenvalue weighted by Gasteiger charge is 1.86. The molecule has 10 heavy (non-hydrogen) atoms. The number of fused-ring (bicyclic) bond motifs is 1. The number of rotatable bonds is 0. The van der Waals surface area contributed by atoms with Crippen LogP contribution in [0.25, 0.3) is 10.8 Å². The van der Waals surface area contributed by atoms with E-state index in [-0.39, 0.29) is 14.3 Å². The minimum absolute atomic E-state index is 0. The first-order chi connectivity index (χ1) is 4.97. The molecule has 0 fully saturated rings. The zero-order valence-corrected chi connectivity index (χ0v) is 5.49. The fraction of sp³-hybridized carbons (Fsp3) is 0. The zero-order valence-electron chi connectivity index (χ0n) is 15.5. The summed E-state index contributed by atoms with van der Waals surface area (Å²) in [5.41, 5.74) is 0. The van der Waals surface area contributed by atoms with E-state index in [0.717, 1.165) is 0 Å². The molecule has 0 bridgehead atoms. The first kappa shape index (κ1) is 5.42. The van der Waals surface area contributed by atoms with Gasteiger partial charge in [0.2, 0.25) is 0 Å². The van der Waals surface area contributed by atoms with Gasteiger partial charge in [-0.3, -0.25) is 4.98 Å². The molecule has 0 amide bonds. The van der Waals surface area contributed by atoms with Crippen molar-refractivity contribution in [3.63, 3.8) is 0 Å². The van der Waals surface area contributed by atoms with E-state index in [4.69, 9.17) is 0 Å². The minimum atomic E-state index is 0. The quantitative estimate of drug-likeness (QED) is 0.545. The van der Waals surface area contributed by atoms with Crippen molar-refractivity contribution >= 4 is 10.8 Å². The Morgan fingerprint density at radius 2 is 1.80 bits per heavy atom. The van der Waals surface area contributed by atoms with Crippen LogP contribution in [0.4, 0.5) is 0 Å². The van der Waals surface area contributed by atoms with Crippen molar-refractivity contribution < 1.29 is 14.3 Å². The number of hydrogen-bond donors (Lipinski definition) is 0.